The van der Waals surface area contributed by atoms with E-state index in [4.69, 9.17) is 11.6 Å². The number of halogens is 1. The van der Waals surface area contributed by atoms with Crippen LogP contribution in [-0.4, -0.2) is 33.5 Å². The van der Waals surface area contributed by atoms with Crippen LogP contribution in [0.5, 0.6) is 0 Å². The van der Waals surface area contributed by atoms with Crippen molar-refractivity contribution in [3.05, 3.63) is 0 Å². The van der Waals surface area contributed by atoms with E-state index in [1.807, 2.05) is 0 Å². The summed E-state index contributed by atoms with van der Waals surface area (Å²) in [5, 5.41) is 0. The Morgan fingerprint density at radius 1 is 1.41 bits per heavy atom. The number of rotatable bonds is 4. The van der Waals surface area contributed by atoms with Gasteiger partial charge in [-0.25, -0.2) is 9.52 Å². The summed E-state index contributed by atoms with van der Waals surface area (Å²) in [5.41, 5.74) is 0. The number of carbonyl (C=O) groups is 1. The lowest BCUT2D eigenvalue weighted by Crippen LogP contribution is -2.49. The fourth-order valence-corrected chi connectivity index (χ4v) is 3.37. The summed E-state index contributed by atoms with van der Waals surface area (Å²) in [6.07, 6.45) is 2.64. The van der Waals surface area contributed by atoms with E-state index in [2.05, 4.69) is 9.46 Å². The van der Waals surface area contributed by atoms with Crippen LogP contribution >= 0.6 is 11.6 Å². The zero-order valence-electron chi connectivity index (χ0n) is 9.61. The van der Waals surface area contributed by atoms with Crippen LogP contribution < -0.4 is 9.44 Å². The Hall–Kier alpha value is -0.530. The van der Waals surface area contributed by atoms with E-state index in [1.54, 1.807) is 4.72 Å². The molecule has 0 heterocycles. The monoisotopic (exact) mass is 284 g/mol. The number of amides is 1. The Bertz CT molecular complexity index is 360. The number of hydrogen-bond acceptors (Lipinski definition) is 4. The van der Waals surface area contributed by atoms with Crippen LogP contribution in [0, 0.1) is 5.92 Å². The molecule has 1 rings (SSSR count). The second-order valence-corrected chi connectivity index (χ2v) is 5.78. The zero-order valence-corrected chi connectivity index (χ0v) is 11.2. The van der Waals surface area contributed by atoms with Crippen molar-refractivity contribution >= 4 is 27.9 Å². The molecule has 0 aromatic heterocycles. The van der Waals surface area contributed by atoms with Gasteiger partial charge in [0, 0.05) is 11.9 Å². The van der Waals surface area contributed by atoms with Crippen molar-refractivity contribution < 1.29 is 17.9 Å². The molecule has 0 bridgehead atoms. The number of methoxy groups -OCH3 is 1. The molecule has 1 aliphatic carbocycles. The molecule has 2 N–H and O–H groups in total. The van der Waals surface area contributed by atoms with Gasteiger partial charge >= 0.3 is 16.3 Å². The second-order valence-electron chi connectivity index (χ2n) is 4.02. The molecule has 1 amide bonds. The molecule has 2 unspecified atom stereocenters. The lowest BCUT2D eigenvalue weighted by atomic mass is 9.86. The van der Waals surface area contributed by atoms with E-state index in [0.29, 0.717) is 5.88 Å². The zero-order chi connectivity index (χ0) is 12.9. The predicted octanol–water partition coefficient (Wildman–Crippen LogP) is 0.974. The average molecular weight is 285 g/mol. The molecule has 6 nitrogen and oxygen atoms in total. The van der Waals surface area contributed by atoms with Crippen molar-refractivity contribution in [2.75, 3.05) is 13.0 Å². The highest BCUT2D eigenvalue weighted by molar-refractivity contribution is 7.88. The van der Waals surface area contributed by atoms with Crippen molar-refractivity contribution in [1.29, 1.82) is 0 Å². The van der Waals surface area contributed by atoms with Gasteiger partial charge in [0.2, 0.25) is 0 Å². The van der Waals surface area contributed by atoms with Crippen LogP contribution in [0.25, 0.3) is 0 Å². The van der Waals surface area contributed by atoms with Crippen molar-refractivity contribution in [2.45, 2.75) is 31.7 Å². The third kappa shape index (κ3) is 4.69. The fourth-order valence-electron chi connectivity index (χ4n) is 1.93. The van der Waals surface area contributed by atoms with Gasteiger partial charge < -0.3 is 4.74 Å². The molecule has 0 radical (unpaired) electrons. The topological polar surface area (TPSA) is 84.5 Å². The quantitative estimate of drug-likeness (QED) is 0.754. The van der Waals surface area contributed by atoms with Crippen LogP contribution in [0.4, 0.5) is 4.79 Å². The highest BCUT2D eigenvalue weighted by Gasteiger charge is 2.28. The maximum absolute atomic E-state index is 11.6. The Balaban J connectivity index is 2.59. The minimum absolute atomic E-state index is 0.111. The molecule has 17 heavy (non-hydrogen) atoms. The number of carbonyl (C=O) groups excluding carboxylic acids is 1. The number of ether oxygens (including phenoxy) is 1. The first kappa shape index (κ1) is 14.5. The van der Waals surface area contributed by atoms with E-state index in [-0.39, 0.29) is 12.0 Å². The van der Waals surface area contributed by atoms with E-state index >= 15 is 0 Å². The first-order valence-electron chi connectivity index (χ1n) is 5.42. The van der Waals surface area contributed by atoms with Crippen LogP contribution in [0.2, 0.25) is 0 Å². The van der Waals surface area contributed by atoms with E-state index < -0.39 is 16.3 Å². The molecular weight excluding hydrogens is 268 g/mol. The second kappa shape index (κ2) is 6.42. The smallest absolute Gasteiger partial charge is 0.421 e. The minimum atomic E-state index is -3.87. The lowest BCUT2D eigenvalue weighted by molar-refractivity contribution is 0.177. The summed E-state index contributed by atoms with van der Waals surface area (Å²) >= 11 is 5.79. The Kier molecular flexibility index (Phi) is 5.48. The summed E-state index contributed by atoms with van der Waals surface area (Å²) in [7, 11) is -2.76. The Morgan fingerprint density at radius 2 is 2.06 bits per heavy atom. The molecule has 0 aromatic rings. The van der Waals surface area contributed by atoms with Crippen LogP contribution in [-0.2, 0) is 14.9 Å². The fraction of sp³-hybridized carbons (Fsp3) is 0.889. The van der Waals surface area contributed by atoms with Gasteiger partial charge in [-0.05, 0) is 18.8 Å². The first-order valence-corrected chi connectivity index (χ1v) is 7.44. The third-order valence-corrected chi connectivity index (χ3v) is 4.26. The SMILES string of the molecule is COC(=O)NS(=O)(=O)NC1CCCCC1CCl. The molecule has 1 aliphatic rings. The molecule has 100 valence electrons. The molecule has 0 aliphatic heterocycles. The van der Waals surface area contributed by atoms with Gasteiger partial charge in [0.25, 0.3) is 0 Å². The predicted molar refractivity (Wildman–Crippen MR) is 64.1 cm³/mol. The summed E-state index contributed by atoms with van der Waals surface area (Å²) in [5.74, 6) is 0.519. The molecular formula is C9H17ClN2O4S. The average Bonchev–Trinajstić information content (AvgIpc) is 2.28. The molecule has 0 saturated heterocycles. The summed E-state index contributed by atoms with van der Waals surface area (Å²) in [4.78, 5) is 10.8. The Labute approximate surface area is 106 Å². The number of alkyl halides is 1. The van der Waals surface area contributed by atoms with Crippen LogP contribution in [0.3, 0.4) is 0 Å². The highest BCUT2D eigenvalue weighted by atomic mass is 35.5. The maximum Gasteiger partial charge on any atom is 0.421 e. The van der Waals surface area contributed by atoms with Gasteiger partial charge in [-0.15, -0.1) is 11.6 Å². The van der Waals surface area contributed by atoms with Gasteiger partial charge in [0.05, 0.1) is 7.11 Å². The largest absolute Gasteiger partial charge is 0.452 e. The van der Waals surface area contributed by atoms with Crippen LogP contribution in [0.15, 0.2) is 0 Å². The van der Waals surface area contributed by atoms with Crippen molar-refractivity contribution in [3.63, 3.8) is 0 Å². The number of nitrogens with one attached hydrogen (secondary N) is 2. The molecule has 0 aromatic carbocycles. The standard InChI is InChI=1S/C9H17ClN2O4S/c1-16-9(13)12-17(14,15)11-8-5-3-2-4-7(8)6-10/h7-8,11H,2-6H2,1H3,(H,12,13). The van der Waals surface area contributed by atoms with Gasteiger partial charge in [-0.1, -0.05) is 12.8 Å². The van der Waals surface area contributed by atoms with Gasteiger partial charge in [-0.2, -0.15) is 13.1 Å². The molecule has 2 atom stereocenters. The third-order valence-electron chi connectivity index (χ3n) is 2.82. The first-order chi connectivity index (χ1) is 7.98. The van der Waals surface area contributed by atoms with Crippen molar-refractivity contribution in [3.8, 4) is 0 Å². The van der Waals surface area contributed by atoms with Gasteiger partial charge in [-0.3, -0.25) is 0 Å². The van der Waals surface area contributed by atoms with Gasteiger partial charge in [0.1, 0.15) is 0 Å². The molecule has 1 saturated carbocycles. The summed E-state index contributed by atoms with van der Waals surface area (Å²) < 4.78 is 31.6. The van der Waals surface area contributed by atoms with Crippen molar-refractivity contribution in [1.82, 2.24) is 9.44 Å². The molecule has 8 heteroatoms. The molecule has 1 fully saturated rings. The van der Waals surface area contributed by atoms with E-state index in [1.165, 1.54) is 0 Å². The van der Waals surface area contributed by atoms with Crippen molar-refractivity contribution in [2.24, 2.45) is 5.92 Å². The van der Waals surface area contributed by atoms with Crippen LogP contribution in [0.1, 0.15) is 25.7 Å². The van der Waals surface area contributed by atoms with E-state index in [9.17, 15) is 13.2 Å². The Morgan fingerprint density at radius 3 is 2.65 bits per heavy atom. The highest BCUT2D eigenvalue weighted by Crippen LogP contribution is 2.25. The maximum atomic E-state index is 11.6. The van der Waals surface area contributed by atoms with E-state index in [0.717, 1.165) is 32.8 Å². The number of hydrogen-bond donors (Lipinski definition) is 2. The van der Waals surface area contributed by atoms with Gasteiger partial charge in [0.15, 0.2) is 0 Å². The summed E-state index contributed by atoms with van der Waals surface area (Å²) in [6.45, 7) is 0. The molecule has 0 spiro atoms. The minimum Gasteiger partial charge on any atom is -0.452 e. The normalized spacial score (nSPS) is 25.3. The lowest BCUT2D eigenvalue weighted by Gasteiger charge is -2.30. The summed E-state index contributed by atoms with van der Waals surface area (Å²) in [6, 6.07) is -0.219.